The minimum absolute atomic E-state index is 0.00764. The third kappa shape index (κ3) is 12.4. The van der Waals surface area contributed by atoms with E-state index in [1.807, 2.05) is 48.5 Å². The molecule has 19 nitrogen and oxygen atoms in total. The van der Waals surface area contributed by atoms with Crippen molar-refractivity contribution in [2.45, 2.75) is 57.2 Å². The molecule has 69 heavy (non-hydrogen) atoms. The van der Waals surface area contributed by atoms with Gasteiger partial charge in [0.05, 0.1) is 38.1 Å². The number of hydrogen-bond acceptors (Lipinski definition) is 15. The smallest absolute Gasteiger partial charge is 0.293 e. The number of ether oxygens (including phenoxy) is 6. The van der Waals surface area contributed by atoms with Crippen LogP contribution in [0.2, 0.25) is 5.02 Å². The largest absolute Gasteiger partial charge is 0.493 e. The van der Waals surface area contributed by atoms with Crippen LogP contribution in [0.4, 0.5) is 17.5 Å². The van der Waals surface area contributed by atoms with Gasteiger partial charge in [0.15, 0.2) is 18.2 Å². The number of piperidine rings is 2. The molecule has 2 fully saturated rings. The van der Waals surface area contributed by atoms with Crippen LogP contribution in [0, 0.1) is 0 Å². The van der Waals surface area contributed by atoms with Crippen molar-refractivity contribution in [1.82, 2.24) is 30.1 Å². The highest BCUT2D eigenvalue weighted by Gasteiger charge is 2.39. The number of carbonyl (C=O) groups excluding carboxylic acids is 4. The van der Waals surface area contributed by atoms with Gasteiger partial charge in [-0.2, -0.15) is 4.98 Å². The second kappa shape index (κ2) is 22.9. The van der Waals surface area contributed by atoms with Gasteiger partial charge >= 0.3 is 0 Å². The highest BCUT2D eigenvalue weighted by atomic mass is 35.5. The fourth-order valence-electron chi connectivity index (χ4n) is 8.27. The summed E-state index contributed by atoms with van der Waals surface area (Å²) in [7, 11) is 3.15. The lowest BCUT2D eigenvalue weighted by Crippen LogP contribution is -2.52. The van der Waals surface area contributed by atoms with E-state index in [-0.39, 0.29) is 48.2 Å². The first-order chi connectivity index (χ1) is 33.5. The fraction of sp³-hybridized carbons (Fsp3) is 0.408. The second-order valence-electron chi connectivity index (χ2n) is 16.7. The molecule has 364 valence electrons. The zero-order valence-electron chi connectivity index (χ0n) is 38.5. The van der Waals surface area contributed by atoms with Crippen LogP contribution in [-0.2, 0) is 37.4 Å². The maximum atomic E-state index is 12.9. The van der Waals surface area contributed by atoms with E-state index in [0.717, 1.165) is 48.1 Å². The molecule has 0 spiro atoms. The third-order valence-electron chi connectivity index (χ3n) is 12.0. The minimum Gasteiger partial charge on any atom is -0.493 e. The lowest BCUT2D eigenvalue weighted by Gasteiger charge is -2.32. The normalized spacial score (nSPS) is 16.0. The Labute approximate surface area is 403 Å². The number of aromatic nitrogens is 3. The van der Waals surface area contributed by atoms with Crippen LogP contribution in [0.1, 0.15) is 54.4 Å². The molecule has 5 aromatic rings. The topological polar surface area (TPSA) is 214 Å². The van der Waals surface area contributed by atoms with Crippen LogP contribution in [0.25, 0.3) is 10.9 Å². The van der Waals surface area contributed by atoms with Gasteiger partial charge in [0.1, 0.15) is 41.0 Å². The summed E-state index contributed by atoms with van der Waals surface area (Å²) in [6, 6.07) is 19.4. The van der Waals surface area contributed by atoms with E-state index in [9.17, 15) is 24.0 Å². The van der Waals surface area contributed by atoms with Gasteiger partial charge in [-0.15, -0.1) is 0 Å². The summed E-state index contributed by atoms with van der Waals surface area (Å²) in [6.45, 7) is 4.12. The summed E-state index contributed by atoms with van der Waals surface area (Å²) in [4.78, 5) is 74.1. The molecule has 1 unspecified atom stereocenters. The van der Waals surface area contributed by atoms with Crippen molar-refractivity contribution in [3.05, 3.63) is 99.4 Å². The fourth-order valence-corrected chi connectivity index (χ4v) is 8.40. The molecular formula is C49H55ClN8O11. The molecule has 2 aromatic heterocycles. The Hall–Kier alpha value is -6.96. The number of halogens is 1. The predicted octanol–water partition coefficient (Wildman–Crippen LogP) is 4.93. The van der Waals surface area contributed by atoms with Gasteiger partial charge in [-0.1, -0.05) is 17.7 Å². The number of anilines is 3. The predicted molar refractivity (Wildman–Crippen MR) is 256 cm³/mol. The number of likely N-dealkylation sites (N-methyl/N-ethyl adjacent to an activating group) is 1. The first-order valence-corrected chi connectivity index (χ1v) is 23.4. The summed E-state index contributed by atoms with van der Waals surface area (Å²) in [5.41, 5.74) is 2.36. The summed E-state index contributed by atoms with van der Waals surface area (Å²) < 4.78 is 36.6. The van der Waals surface area contributed by atoms with E-state index in [1.165, 1.54) is 16.5 Å². The number of pyridine rings is 1. The van der Waals surface area contributed by atoms with E-state index in [0.29, 0.717) is 105 Å². The van der Waals surface area contributed by atoms with Crippen LogP contribution in [-0.4, -0.2) is 122 Å². The van der Waals surface area contributed by atoms with Crippen molar-refractivity contribution in [1.29, 1.82) is 0 Å². The zero-order chi connectivity index (χ0) is 48.3. The average molecular weight is 967 g/mol. The Morgan fingerprint density at radius 3 is 2.41 bits per heavy atom. The molecule has 2 saturated heterocycles. The van der Waals surface area contributed by atoms with Crippen molar-refractivity contribution < 1.29 is 47.6 Å². The van der Waals surface area contributed by atoms with E-state index < -0.39 is 11.9 Å². The molecular weight excluding hydrogens is 912 g/mol. The number of amides is 4. The number of nitrogens with zero attached hydrogens (tertiary/aromatic N) is 5. The first-order valence-electron chi connectivity index (χ1n) is 23.0. The monoisotopic (exact) mass is 966 g/mol. The van der Waals surface area contributed by atoms with Crippen molar-refractivity contribution in [2.24, 2.45) is 7.05 Å². The molecule has 0 radical (unpaired) electrons. The highest BCUT2D eigenvalue weighted by molar-refractivity contribution is 6.33. The number of unbranched alkanes of at least 4 members (excludes halogenated alkanes) is 1. The maximum Gasteiger partial charge on any atom is 0.293 e. The Morgan fingerprint density at radius 2 is 1.59 bits per heavy atom. The van der Waals surface area contributed by atoms with Crippen LogP contribution >= 0.6 is 11.6 Å². The Morgan fingerprint density at radius 1 is 0.841 bits per heavy atom. The average Bonchev–Trinajstić information content (AvgIpc) is 3.67. The van der Waals surface area contributed by atoms with Crippen molar-refractivity contribution in [2.75, 3.05) is 76.6 Å². The minimum atomic E-state index is -0.653. The Balaban J connectivity index is 0.691. The second-order valence-corrected chi connectivity index (χ2v) is 17.1. The summed E-state index contributed by atoms with van der Waals surface area (Å²) >= 11 is 6.55. The number of fused-ring (bicyclic) bond motifs is 2. The summed E-state index contributed by atoms with van der Waals surface area (Å²) in [5, 5.41) is 9.16. The zero-order valence-corrected chi connectivity index (χ0v) is 39.3. The van der Waals surface area contributed by atoms with Gasteiger partial charge in [0.2, 0.25) is 17.8 Å². The van der Waals surface area contributed by atoms with E-state index in [4.69, 9.17) is 45.0 Å². The molecule has 4 amide bonds. The van der Waals surface area contributed by atoms with Crippen LogP contribution in [0.3, 0.4) is 0 Å². The standard InChI is InChI=1S/C49H55ClN8O11/c1-51-44(60)30-68-42-26-31-24-33(8-11-40(31)56(2)48(42)63)53-45-39(50)28-52-49(55-45)57-16-14-34(15-17-57)69-37-7-5-6-35(27-37)66-19-4-3-18-64-20-21-65-22-23-67-36-9-10-38-32(25-36)29-58(47(38)62)41-12-13-43(59)54-46(41)61/h5-11,24-28,34,41H,3-4,12-23,29-30H2,1-2H3,(H,51,60)(H,52,53,55)(H,54,59,61). The molecule has 3 N–H and O–H groups in total. The number of carbonyl (C=O) groups is 4. The molecule has 20 heteroatoms. The maximum absolute atomic E-state index is 12.9. The summed E-state index contributed by atoms with van der Waals surface area (Å²) in [5.74, 6) is 1.84. The number of hydrogen-bond donors (Lipinski definition) is 3. The molecule has 8 rings (SSSR count). The number of rotatable bonds is 22. The molecule has 3 aromatic carbocycles. The van der Waals surface area contributed by atoms with Crippen LogP contribution < -0.4 is 45.4 Å². The SMILES string of the molecule is CNC(=O)COc1cc2cc(Nc3nc(N4CCC(Oc5cccc(OCCCCOCCOCCOc6ccc7c(c6)CN(C6CCC(=O)NC6=O)C7=O)c5)CC4)ncc3Cl)ccc2n(C)c1=O. The van der Waals surface area contributed by atoms with Gasteiger partial charge in [-0.3, -0.25) is 29.3 Å². The lowest BCUT2D eigenvalue weighted by atomic mass is 10.0. The van der Waals surface area contributed by atoms with Gasteiger partial charge in [0.25, 0.3) is 17.4 Å². The Bertz CT molecular complexity index is 2730. The van der Waals surface area contributed by atoms with E-state index in [2.05, 4.69) is 25.8 Å². The molecule has 0 bridgehead atoms. The number of aryl methyl sites for hydroxylation is 1. The number of nitrogens with one attached hydrogen (secondary N) is 3. The van der Waals surface area contributed by atoms with Crippen molar-refractivity contribution in [3.8, 4) is 23.0 Å². The molecule has 0 aliphatic carbocycles. The quantitative estimate of drug-likeness (QED) is 0.0620. The van der Waals surface area contributed by atoms with Gasteiger partial charge < -0.3 is 53.4 Å². The molecule has 3 aliphatic rings. The Kier molecular flexibility index (Phi) is 16.1. The summed E-state index contributed by atoms with van der Waals surface area (Å²) in [6.07, 6.45) is 5.30. The third-order valence-corrected chi connectivity index (χ3v) is 12.2. The number of benzene rings is 3. The number of imide groups is 1. The molecule has 0 saturated carbocycles. The van der Waals surface area contributed by atoms with Gasteiger partial charge in [0, 0.05) is 82.3 Å². The van der Waals surface area contributed by atoms with Gasteiger partial charge in [-0.05, 0) is 79.4 Å². The van der Waals surface area contributed by atoms with E-state index in [1.54, 1.807) is 31.4 Å². The molecule has 3 aliphatic heterocycles. The van der Waals surface area contributed by atoms with E-state index >= 15 is 0 Å². The van der Waals surface area contributed by atoms with Crippen molar-refractivity contribution in [3.63, 3.8) is 0 Å². The first kappa shape index (κ1) is 48.5. The highest BCUT2D eigenvalue weighted by Crippen LogP contribution is 2.32. The molecule has 1 atom stereocenters. The van der Waals surface area contributed by atoms with Gasteiger partial charge in [-0.25, -0.2) is 4.98 Å². The van der Waals surface area contributed by atoms with Crippen LogP contribution in [0.5, 0.6) is 23.0 Å². The van der Waals surface area contributed by atoms with Crippen molar-refractivity contribution >= 4 is 63.6 Å². The lowest BCUT2D eigenvalue weighted by molar-refractivity contribution is -0.137. The van der Waals surface area contributed by atoms with Crippen LogP contribution in [0.15, 0.2) is 77.7 Å². The molecule has 5 heterocycles.